The number of alkyl halides is 3. The Kier molecular flexibility index (Phi) is 4.28. The van der Waals surface area contributed by atoms with E-state index in [1.807, 2.05) is 0 Å². The number of rotatable bonds is 4. The van der Waals surface area contributed by atoms with Crippen LogP contribution in [-0.4, -0.2) is 10.7 Å². The van der Waals surface area contributed by atoms with Gasteiger partial charge < -0.3 is 0 Å². The van der Waals surface area contributed by atoms with Gasteiger partial charge in [-0.25, -0.2) is 8.78 Å². The summed E-state index contributed by atoms with van der Waals surface area (Å²) < 4.78 is 24.9. The molecule has 1 rings (SSSR count). The predicted molar refractivity (Wildman–Crippen MR) is 60.4 cm³/mol. The zero-order chi connectivity index (χ0) is 13.2. The Morgan fingerprint density at radius 1 is 1.47 bits per heavy atom. The van der Waals surface area contributed by atoms with Crippen LogP contribution < -0.4 is 0 Å². The number of nitrogens with zero attached hydrogens (tertiary/aromatic N) is 1. The summed E-state index contributed by atoms with van der Waals surface area (Å²) in [5, 5.41) is 10.7. The number of ketones is 1. The molecule has 0 aliphatic carbocycles. The van der Waals surface area contributed by atoms with Gasteiger partial charge in [0.1, 0.15) is 10.6 Å². The van der Waals surface area contributed by atoms with Gasteiger partial charge in [0.15, 0.2) is 0 Å². The summed E-state index contributed by atoms with van der Waals surface area (Å²) in [6, 6.07) is 2.93. The maximum absolute atomic E-state index is 12.5. The molecule has 0 N–H and O–H groups in total. The van der Waals surface area contributed by atoms with Crippen LogP contribution in [0.5, 0.6) is 0 Å². The molecule has 1 unspecified atom stereocenters. The highest BCUT2D eigenvalue weighted by Crippen LogP contribution is 2.34. The van der Waals surface area contributed by atoms with E-state index < -0.39 is 16.2 Å². The zero-order valence-electron chi connectivity index (χ0n) is 8.69. The molecule has 0 amide bonds. The van der Waals surface area contributed by atoms with Crippen LogP contribution in [0.1, 0.15) is 29.3 Å². The number of hydrogen-bond acceptors (Lipinski definition) is 3. The standard InChI is InChI=1S/C10H8BrF2NO3/c1-5(15)9(11)7-4-6(10(12)13)2-3-8(7)14(16)17/h2-4,9-10H,1H3. The van der Waals surface area contributed by atoms with E-state index in [4.69, 9.17) is 0 Å². The normalized spacial score (nSPS) is 12.5. The van der Waals surface area contributed by atoms with Gasteiger partial charge in [-0.3, -0.25) is 14.9 Å². The van der Waals surface area contributed by atoms with Gasteiger partial charge in [-0.15, -0.1) is 0 Å². The highest BCUT2D eigenvalue weighted by Gasteiger charge is 2.25. The van der Waals surface area contributed by atoms with Crippen molar-refractivity contribution >= 4 is 27.4 Å². The Balaban J connectivity index is 3.35. The monoisotopic (exact) mass is 307 g/mol. The molecule has 0 radical (unpaired) electrons. The molecule has 17 heavy (non-hydrogen) atoms. The van der Waals surface area contributed by atoms with Crippen molar-refractivity contribution in [2.75, 3.05) is 0 Å². The lowest BCUT2D eigenvalue weighted by Gasteiger charge is -2.09. The van der Waals surface area contributed by atoms with Crippen LogP contribution in [0.4, 0.5) is 14.5 Å². The van der Waals surface area contributed by atoms with Crippen LogP contribution in [0.15, 0.2) is 18.2 Å². The molecule has 1 aromatic carbocycles. The quantitative estimate of drug-likeness (QED) is 0.485. The average Bonchev–Trinajstić information content (AvgIpc) is 2.26. The Hall–Kier alpha value is -1.37. The Morgan fingerprint density at radius 2 is 2.06 bits per heavy atom. The molecule has 0 saturated carbocycles. The van der Waals surface area contributed by atoms with Crippen molar-refractivity contribution in [3.05, 3.63) is 39.4 Å². The summed E-state index contributed by atoms with van der Waals surface area (Å²) in [4.78, 5) is 20.2. The van der Waals surface area contributed by atoms with Crippen molar-refractivity contribution in [1.82, 2.24) is 0 Å². The number of carbonyl (C=O) groups excluding carboxylic acids is 1. The molecule has 0 heterocycles. The number of benzene rings is 1. The minimum atomic E-state index is -2.73. The molecule has 1 aromatic rings. The topological polar surface area (TPSA) is 60.2 Å². The summed E-state index contributed by atoms with van der Waals surface area (Å²) in [5.41, 5.74) is -0.761. The van der Waals surface area contributed by atoms with Crippen molar-refractivity contribution in [1.29, 1.82) is 0 Å². The Morgan fingerprint density at radius 3 is 2.47 bits per heavy atom. The fourth-order valence-electron chi connectivity index (χ4n) is 1.30. The average molecular weight is 308 g/mol. The molecule has 92 valence electrons. The van der Waals surface area contributed by atoms with Gasteiger partial charge in [0, 0.05) is 11.6 Å². The van der Waals surface area contributed by atoms with Gasteiger partial charge in [-0.05, 0) is 19.1 Å². The van der Waals surface area contributed by atoms with E-state index in [-0.39, 0.29) is 22.6 Å². The summed E-state index contributed by atoms with van der Waals surface area (Å²) in [7, 11) is 0. The minimum Gasteiger partial charge on any atom is -0.298 e. The molecular weight excluding hydrogens is 300 g/mol. The predicted octanol–water partition coefficient (Wildman–Crippen LogP) is 3.56. The van der Waals surface area contributed by atoms with Crippen LogP contribution in [0, 0.1) is 10.1 Å². The molecule has 0 spiro atoms. The highest BCUT2D eigenvalue weighted by atomic mass is 79.9. The highest BCUT2D eigenvalue weighted by molar-refractivity contribution is 9.09. The summed E-state index contributed by atoms with van der Waals surface area (Å²) in [6.45, 7) is 1.22. The summed E-state index contributed by atoms with van der Waals surface area (Å²) in [5.74, 6) is -0.389. The minimum absolute atomic E-state index is 0.0553. The third-order valence-electron chi connectivity index (χ3n) is 2.13. The second-order valence-corrected chi connectivity index (χ2v) is 4.26. The number of hydrogen-bond donors (Lipinski definition) is 0. The fraction of sp³-hybridized carbons (Fsp3) is 0.300. The lowest BCUT2D eigenvalue weighted by atomic mass is 10.0. The van der Waals surface area contributed by atoms with Crippen LogP contribution in [-0.2, 0) is 4.79 Å². The number of carbonyl (C=O) groups is 1. The van der Waals surface area contributed by atoms with E-state index in [2.05, 4.69) is 15.9 Å². The molecule has 0 aliphatic heterocycles. The number of halogens is 3. The van der Waals surface area contributed by atoms with Crippen LogP contribution in [0.25, 0.3) is 0 Å². The third kappa shape index (κ3) is 3.06. The molecule has 7 heteroatoms. The second kappa shape index (κ2) is 5.31. The van der Waals surface area contributed by atoms with Crippen LogP contribution in [0.2, 0.25) is 0 Å². The van der Waals surface area contributed by atoms with Gasteiger partial charge in [-0.1, -0.05) is 15.9 Å². The van der Waals surface area contributed by atoms with Gasteiger partial charge in [0.25, 0.3) is 12.1 Å². The molecule has 0 bridgehead atoms. The lowest BCUT2D eigenvalue weighted by molar-refractivity contribution is -0.385. The molecule has 1 atom stereocenters. The van der Waals surface area contributed by atoms with E-state index in [9.17, 15) is 23.7 Å². The Labute approximate surface area is 104 Å². The van der Waals surface area contributed by atoms with Crippen molar-refractivity contribution in [3.8, 4) is 0 Å². The SMILES string of the molecule is CC(=O)C(Br)c1cc(C(F)F)ccc1[N+](=O)[O-]. The fourth-order valence-corrected chi connectivity index (χ4v) is 1.66. The smallest absolute Gasteiger partial charge is 0.274 e. The first-order valence-electron chi connectivity index (χ1n) is 4.55. The molecule has 0 fully saturated rings. The summed E-state index contributed by atoms with van der Waals surface area (Å²) >= 11 is 2.95. The van der Waals surface area contributed by atoms with E-state index in [0.717, 1.165) is 18.2 Å². The van der Waals surface area contributed by atoms with Crippen molar-refractivity contribution < 1.29 is 18.5 Å². The number of nitro benzene ring substituents is 1. The largest absolute Gasteiger partial charge is 0.298 e. The molecule has 0 saturated heterocycles. The second-order valence-electron chi connectivity index (χ2n) is 3.35. The third-order valence-corrected chi connectivity index (χ3v) is 3.27. The van der Waals surface area contributed by atoms with E-state index >= 15 is 0 Å². The first-order valence-corrected chi connectivity index (χ1v) is 5.47. The van der Waals surface area contributed by atoms with Crippen molar-refractivity contribution in [2.24, 2.45) is 0 Å². The van der Waals surface area contributed by atoms with E-state index in [0.29, 0.717) is 0 Å². The van der Waals surface area contributed by atoms with Gasteiger partial charge in [-0.2, -0.15) is 0 Å². The van der Waals surface area contributed by atoms with Crippen LogP contribution >= 0.6 is 15.9 Å². The summed E-state index contributed by atoms with van der Waals surface area (Å²) in [6.07, 6.45) is -2.73. The Bertz CT molecular complexity index is 465. The van der Waals surface area contributed by atoms with Gasteiger partial charge in [0.2, 0.25) is 0 Å². The first kappa shape index (κ1) is 13.7. The maximum atomic E-state index is 12.5. The zero-order valence-corrected chi connectivity index (χ0v) is 10.3. The van der Waals surface area contributed by atoms with Gasteiger partial charge in [0.05, 0.1) is 10.5 Å². The van der Waals surface area contributed by atoms with Crippen molar-refractivity contribution in [2.45, 2.75) is 18.2 Å². The first-order chi connectivity index (χ1) is 7.84. The molecular formula is C10H8BrF2NO3. The maximum Gasteiger partial charge on any atom is 0.274 e. The van der Waals surface area contributed by atoms with Crippen molar-refractivity contribution in [3.63, 3.8) is 0 Å². The molecule has 4 nitrogen and oxygen atoms in total. The lowest BCUT2D eigenvalue weighted by Crippen LogP contribution is -2.05. The van der Waals surface area contributed by atoms with Gasteiger partial charge >= 0.3 is 0 Å². The molecule has 0 aliphatic rings. The van der Waals surface area contributed by atoms with E-state index in [1.54, 1.807) is 0 Å². The molecule has 0 aromatic heterocycles. The number of nitro groups is 1. The van der Waals surface area contributed by atoms with Crippen LogP contribution in [0.3, 0.4) is 0 Å². The van der Waals surface area contributed by atoms with E-state index in [1.165, 1.54) is 6.92 Å². The number of Topliss-reactive ketones (excluding diaryl/α,β-unsaturated/α-hetero) is 1.